The van der Waals surface area contributed by atoms with Crippen LogP contribution in [0.4, 0.5) is 13.2 Å². The molecule has 0 bridgehead atoms. The van der Waals surface area contributed by atoms with E-state index in [9.17, 15) is 32.3 Å². The van der Waals surface area contributed by atoms with Gasteiger partial charge >= 0.3 is 6.36 Å². The Bertz CT molecular complexity index is 1090. The summed E-state index contributed by atoms with van der Waals surface area (Å²) in [6, 6.07) is 3.35. The minimum absolute atomic E-state index is 0.287. The zero-order valence-electron chi connectivity index (χ0n) is 19.9. The number of hydrogen-bond donors (Lipinski definition) is 2. The van der Waals surface area contributed by atoms with Crippen molar-refractivity contribution >= 4 is 23.6 Å². The van der Waals surface area contributed by atoms with Gasteiger partial charge in [0.1, 0.15) is 11.8 Å². The number of nitrogens with zero attached hydrogens (tertiary/aromatic N) is 2. The fourth-order valence-corrected chi connectivity index (χ4v) is 4.15. The third kappa shape index (κ3) is 6.47. The molecule has 36 heavy (non-hydrogen) atoms. The van der Waals surface area contributed by atoms with Gasteiger partial charge in [-0.1, -0.05) is 18.1 Å². The Hall–Kier alpha value is -3.75. The number of hydrogen-bond acceptors (Lipinski definition) is 5. The van der Waals surface area contributed by atoms with Gasteiger partial charge in [-0.3, -0.25) is 19.2 Å². The van der Waals surface area contributed by atoms with E-state index in [1.165, 1.54) is 36.0 Å². The summed E-state index contributed by atoms with van der Waals surface area (Å²) in [5, 5.41) is 2.61. The van der Waals surface area contributed by atoms with Crippen LogP contribution in [0.3, 0.4) is 0 Å². The summed E-state index contributed by atoms with van der Waals surface area (Å²) in [7, 11) is 3.01. The fourth-order valence-electron chi connectivity index (χ4n) is 4.15. The van der Waals surface area contributed by atoms with Crippen LogP contribution in [-0.2, 0) is 24.6 Å². The number of carbonyl (C=O) groups is 4. The molecule has 1 saturated carbocycles. The maximum absolute atomic E-state index is 13.5. The van der Waals surface area contributed by atoms with Crippen molar-refractivity contribution in [3.8, 4) is 17.6 Å². The number of carbonyl (C=O) groups excluding carboxylic acids is 4. The van der Waals surface area contributed by atoms with E-state index in [4.69, 9.17) is 5.73 Å². The average Bonchev–Trinajstić information content (AvgIpc) is 3.44. The highest BCUT2D eigenvalue weighted by Gasteiger charge is 2.55. The van der Waals surface area contributed by atoms with Crippen LogP contribution in [0.5, 0.6) is 5.75 Å². The number of primary amides is 1. The Morgan fingerprint density at radius 2 is 1.86 bits per heavy atom. The molecule has 1 aliphatic heterocycles. The first-order chi connectivity index (χ1) is 16.8. The Balaban J connectivity index is 1.73. The monoisotopic (exact) mass is 508 g/mol. The Morgan fingerprint density at radius 1 is 1.22 bits per heavy atom. The lowest BCUT2D eigenvalue weighted by Gasteiger charge is -2.29. The summed E-state index contributed by atoms with van der Waals surface area (Å²) in [4.78, 5) is 52.4. The van der Waals surface area contributed by atoms with Crippen LogP contribution in [0, 0.1) is 11.8 Å². The van der Waals surface area contributed by atoms with Crippen molar-refractivity contribution in [2.45, 2.75) is 56.0 Å². The molecule has 1 heterocycles. The molecule has 1 aromatic carbocycles. The lowest BCUT2D eigenvalue weighted by Crippen LogP contribution is -2.51. The average molecular weight is 508 g/mol. The quantitative estimate of drug-likeness (QED) is 0.534. The molecule has 1 saturated heterocycles. The Labute approximate surface area is 206 Å². The Kier molecular flexibility index (Phi) is 7.81. The second kappa shape index (κ2) is 10.5. The first-order valence-corrected chi connectivity index (χ1v) is 11.3. The van der Waals surface area contributed by atoms with Crippen LogP contribution in [-0.4, -0.2) is 72.5 Å². The predicted octanol–water partition coefficient (Wildman–Crippen LogP) is 1.06. The van der Waals surface area contributed by atoms with Gasteiger partial charge in [-0.05, 0) is 49.3 Å². The van der Waals surface area contributed by atoms with Crippen LogP contribution in [0.15, 0.2) is 24.3 Å². The van der Waals surface area contributed by atoms with E-state index < -0.39 is 41.6 Å². The molecule has 1 aromatic rings. The summed E-state index contributed by atoms with van der Waals surface area (Å²) in [5.74, 6) is 2.46. The van der Waals surface area contributed by atoms with E-state index in [-0.39, 0.29) is 18.1 Å². The number of nitrogens with one attached hydrogen (secondary N) is 1. The van der Waals surface area contributed by atoms with Gasteiger partial charge in [0.05, 0.1) is 17.9 Å². The van der Waals surface area contributed by atoms with Crippen LogP contribution >= 0.6 is 0 Å². The molecule has 9 nitrogen and oxygen atoms in total. The highest BCUT2D eigenvalue weighted by atomic mass is 19.4. The number of ether oxygens (including phenoxy) is 1. The molecule has 3 rings (SSSR count). The number of amides is 4. The molecule has 1 aliphatic carbocycles. The van der Waals surface area contributed by atoms with E-state index in [0.29, 0.717) is 37.8 Å². The Morgan fingerprint density at radius 3 is 2.39 bits per heavy atom. The summed E-state index contributed by atoms with van der Waals surface area (Å²) in [5.41, 5.74) is 4.89. The smallest absolute Gasteiger partial charge is 0.406 e. The van der Waals surface area contributed by atoms with Gasteiger partial charge in [-0.25, -0.2) is 0 Å². The van der Waals surface area contributed by atoms with Crippen molar-refractivity contribution in [3.63, 3.8) is 0 Å². The van der Waals surface area contributed by atoms with Gasteiger partial charge < -0.3 is 25.6 Å². The van der Waals surface area contributed by atoms with Crippen molar-refractivity contribution in [2.24, 2.45) is 5.73 Å². The van der Waals surface area contributed by atoms with E-state index in [2.05, 4.69) is 21.9 Å². The first-order valence-electron chi connectivity index (χ1n) is 11.3. The number of rotatable bonds is 7. The molecule has 12 heteroatoms. The molecule has 0 unspecified atom stereocenters. The molecule has 2 fully saturated rings. The van der Waals surface area contributed by atoms with Crippen LogP contribution in [0.25, 0.3) is 0 Å². The van der Waals surface area contributed by atoms with Gasteiger partial charge in [-0.15, -0.1) is 13.2 Å². The molecule has 0 spiro atoms. The third-order valence-electron chi connectivity index (χ3n) is 6.10. The van der Waals surface area contributed by atoms with E-state index in [1.54, 1.807) is 0 Å². The minimum Gasteiger partial charge on any atom is -0.406 e. The molecule has 3 N–H and O–H groups in total. The van der Waals surface area contributed by atoms with Crippen molar-refractivity contribution in [1.82, 2.24) is 15.1 Å². The van der Waals surface area contributed by atoms with Gasteiger partial charge in [0.25, 0.3) is 5.91 Å². The van der Waals surface area contributed by atoms with Crippen LogP contribution in [0.2, 0.25) is 0 Å². The molecular formula is C24H27F3N4O5. The molecule has 4 amide bonds. The van der Waals surface area contributed by atoms with E-state index >= 15 is 0 Å². The number of alkyl halides is 3. The van der Waals surface area contributed by atoms with Crippen LogP contribution < -0.4 is 15.8 Å². The molecule has 194 valence electrons. The normalized spacial score (nSPS) is 18.9. The number of benzene rings is 1. The zero-order chi connectivity index (χ0) is 26.7. The van der Waals surface area contributed by atoms with Crippen molar-refractivity contribution < 1.29 is 37.1 Å². The van der Waals surface area contributed by atoms with Crippen molar-refractivity contribution in [3.05, 3.63) is 29.8 Å². The molecule has 2 aliphatic rings. The van der Waals surface area contributed by atoms with Gasteiger partial charge in [0, 0.05) is 20.6 Å². The summed E-state index contributed by atoms with van der Waals surface area (Å²) >= 11 is 0. The molecular weight excluding hydrogens is 481 g/mol. The summed E-state index contributed by atoms with van der Waals surface area (Å²) < 4.78 is 41.2. The molecule has 0 radical (unpaired) electrons. The molecule has 0 aromatic heterocycles. The number of nitrogens with two attached hydrogens (primary N) is 1. The third-order valence-corrected chi connectivity index (χ3v) is 6.10. The highest BCUT2D eigenvalue weighted by molar-refractivity contribution is 5.96. The summed E-state index contributed by atoms with van der Waals surface area (Å²) in [6.07, 6.45) is -3.17. The largest absolute Gasteiger partial charge is 0.573 e. The summed E-state index contributed by atoms with van der Waals surface area (Å²) in [6.45, 7) is 0.333. The number of halogens is 3. The topological polar surface area (TPSA) is 122 Å². The second-order valence-corrected chi connectivity index (χ2v) is 9.01. The van der Waals surface area contributed by atoms with Gasteiger partial charge in [-0.2, -0.15) is 0 Å². The van der Waals surface area contributed by atoms with Gasteiger partial charge in [0.15, 0.2) is 0 Å². The van der Waals surface area contributed by atoms with Crippen LogP contribution in [0.1, 0.15) is 37.7 Å². The number of likely N-dealkylation sites (tertiary alicyclic amines) is 1. The molecule has 2 atom stereocenters. The standard InChI is InChI=1S/C24H27F3N4O5/c1-30(2)20(33)10-7-16(14-19(28)32)29-21(34)18-4-3-13-31(18)22(35)23(11-12-23)15-5-8-17(9-6-15)36-24(25,26)27/h5-6,8-9,16,18H,3-4,11-14H2,1-2H3,(H2,28,32)(H,29,34)/t16-,18+/m1/s1. The van der Waals surface area contributed by atoms with Gasteiger partial charge in [0.2, 0.25) is 17.7 Å². The van der Waals surface area contributed by atoms with E-state index in [0.717, 1.165) is 12.1 Å². The maximum Gasteiger partial charge on any atom is 0.573 e. The highest BCUT2D eigenvalue weighted by Crippen LogP contribution is 2.50. The maximum atomic E-state index is 13.5. The lowest BCUT2D eigenvalue weighted by molar-refractivity contribution is -0.274. The lowest BCUT2D eigenvalue weighted by atomic mass is 9.93. The van der Waals surface area contributed by atoms with Crippen molar-refractivity contribution in [1.29, 1.82) is 0 Å². The minimum atomic E-state index is -4.82. The first kappa shape index (κ1) is 26.8. The predicted molar refractivity (Wildman–Crippen MR) is 121 cm³/mol. The van der Waals surface area contributed by atoms with Crippen molar-refractivity contribution in [2.75, 3.05) is 20.6 Å². The SMILES string of the molecule is CN(C)C(=O)C#C[C@H](CC(N)=O)NC(=O)[C@@H]1CCCN1C(=O)C1(c2ccc(OC(F)(F)F)cc2)CC1. The second-order valence-electron chi connectivity index (χ2n) is 9.01. The van der Waals surface area contributed by atoms with E-state index in [1.807, 2.05) is 0 Å². The zero-order valence-corrected chi connectivity index (χ0v) is 19.9. The fraction of sp³-hybridized carbons (Fsp3) is 0.500.